The van der Waals surface area contributed by atoms with E-state index >= 15 is 0 Å². The first kappa shape index (κ1) is 16.7. The van der Waals surface area contributed by atoms with E-state index in [-0.39, 0.29) is 6.10 Å². The molecule has 1 aromatic heterocycles. The molecule has 2 unspecified atom stereocenters. The zero-order valence-electron chi connectivity index (χ0n) is 12.8. The highest BCUT2D eigenvalue weighted by atomic mass is 35.5. The van der Waals surface area contributed by atoms with Crippen LogP contribution in [-0.2, 0) is 4.74 Å². The van der Waals surface area contributed by atoms with Crippen molar-refractivity contribution in [3.63, 3.8) is 0 Å². The number of pyridine rings is 1. The number of methoxy groups -OCH3 is 1. The number of halogens is 2. The van der Waals surface area contributed by atoms with E-state index in [0.29, 0.717) is 21.8 Å². The Morgan fingerprint density at radius 1 is 1.43 bits per heavy atom. The fraction of sp³-hybridized carbons (Fsp3) is 0.667. The van der Waals surface area contributed by atoms with Crippen LogP contribution in [0.3, 0.4) is 0 Å². The van der Waals surface area contributed by atoms with Crippen LogP contribution < -0.4 is 10.2 Å². The van der Waals surface area contributed by atoms with E-state index in [1.807, 2.05) is 0 Å². The number of nitrogens with zero attached hydrogens (tertiary/aromatic N) is 2. The standard InChI is InChI=1S/C15H23Cl2N3O/c1-4-6-18-14-11(16)8-12(17)15(19-14)20-7-5-10(2)13(9-20)21-3/h8,10,13H,4-7,9H2,1-3H3,(H,18,19). The highest BCUT2D eigenvalue weighted by molar-refractivity contribution is 6.37. The lowest BCUT2D eigenvalue weighted by Gasteiger charge is -2.37. The van der Waals surface area contributed by atoms with E-state index in [4.69, 9.17) is 27.9 Å². The summed E-state index contributed by atoms with van der Waals surface area (Å²) in [6.45, 7) is 6.90. The maximum Gasteiger partial charge on any atom is 0.150 e. The van der Waals surface area contributed by atoms with Gasteiger partial charge in [-0.25, -0.2) is 4.98 Å². The fourth-order valence-corrected chi connectivity index (χ4v) is 3.12. The van der Waals surface area contributed by atoms with Gasteiger partial charge in [-0.2, -0.15) is 0 Å². The van der Waals surface area contributed by atoms with Gasteiger partial charge in [-0.05, 0) is 24.8 Å². The molecule has 1 saturated heterocycles. The van der Waals surface area contributed by atoms with Gasteiger partial charge in [0.15, 0.2) is 0 Å². The summed E-state index contributed by atoms with van der Waals surface area (Å²) in [6.07, 6.45) is 2.29. The second-order valence-corrected chi connectivity index (χ2v) is 6.35. The van der Waals surface area contributed by atoms with Crippen LogP contribution in [-0.4, -0.2) is 37.8 Å². The van der Waals surface area contributed by atoms with Crippen molar-refractivity contribution in [3.05, 3.63) is 16.1 Å². The van der Waals surface area contributed by atoms with E-state index < -0.39 is 0 Å². The van der Waals surface area contributed by atoms with E-state index in [1.165, 1.54) is 0 Å². The van der Waals surface area contributed by atoms with Crippen molar-refractivity contribution in [2.45, 2.75) is 32.8 Å². The minimum absolute atomic E-state index is 0.208. The van der Waals surface area contributed by atoms with Gasteiger partial charge in [0.25, 0.3) is 0 Å². The Labute approximate surface area is 136 Å². The quantitative estimate of drug-likeness (QED) is 0.882. The summed E-state index contributed by atoms with van der Waals surface area (Å²) in [5.41, 5.74) is 0. The number of hydrogen-bond donors (Lipinski definition) is 1. The Hall–Kier alpha value is -0.710. The summed E-state index contributed by atoms with van der Waals surface area (Å²) >= 11 is 12.5. The van der Waals surface area contributed by atoms with Crippen molar-refractivity contribution in [1.29, 1.82) is 0 Å². The normalized spacial score (nSPS) is 22.4. The Morgan fingerprint density at radius 3 is 2.86 bits per heavy atom. The highest BCUT2D eigenvalue weighted by Gasteiger charge is 2.28. The van der Waals surface area contributed by atoms with Crippen LogP contribution in [0.15, 0.2) is 6.07 Å². The Morgan fingerprint density at radius 2 is 2.19 bits per heavy atom. The molecule has 6 heteroatoms. The number of anilines is 2. The maximum atomic E-state index is 6.34. The molecule has 1 fully saturated rings. The van der Waals surface area contributed by atoms with Crippen molar-refractivity contribution in [2.24, 2.45) is 5.92 Å². The van der Waals surface area contributed by atoms with Crippen molar-refractivity contribution in [1.82, 2.24) is 4.98 Å². The summed E-state index contributed by atoms with van der Waals surface area (Å²) in [7, 11) is 1.76. The molecule has 4 nitrogen and oxygen atoms in total. The number of ether oxygens (including phenoxy) is 1. The third-order valence-corrected chi connectivity index (χ3v) is 4.51. The minimum Gasteiger partial charge on any atom is -0.379 e. The second kappa shape index (κ2) is 7.52. The number of aromatic nitrogens is 1. The van der Waals surface area contributed by atoms with Crippen LogP contribution in [0.25, 0.3) is 0 Å². The van der Waals surface area contributed by atoms with Crippen molar-refractivity contribution < 1.29 is 4.74 Å². The van der Waals surface area contributed by atoms with Gasteiger partial charge in [0.1, 0.15) is 11.6 Å². The third-order valence-electron chi connectivity index (χ3n) is 3.95. The van der Waals surface area contributed by atoms with Crippen LogP contribution >= 0.6 is 23.2 Å². The number of nitrogens with one attached hydrogen (secondary N) is 1. The largest absolute Gasteiger partial charge is 0.379 e. The molecule has 0 aromatic carbocycles. The van der Waals surface area contributed by atoms with Crippen LogP contribution in [0.5, 0.6) is 0 Å². The minimum atomic E-state index is 0.208. The third kappa shape index (κ3) is 3.93. The first-order valence-electron chi connectivity index (χ1n) is 7.44. The molecule has 118 valence electrons. The highest BCUT2D eigenvalue weighted by Crippen LogP contribution is 2.33. The van der Waals surface area contributed by atoms with Gasteiger partial charge in [0.05, 0.1) is 16.1 Å². The van der Waals surface area contributed by atoms with Crippen molar-refractivity contribution >= 4 is 34.8 Å². The average Bonchev–Trinajstić information content (AvgIpc) is 2.47. The molecule has 0 bridgehead atoms. The van der Waals surface area contributed by atoms with Gasteiger partial charge < -0.3 is 15.0 Å². The predicted octanol–water partition coefficient (Wildman–Crippen LogP) is 4.07. The molecule has 1 N–H and O–H groups in total. The number of rotatable bonds is 5. The van der Waals surface area contributed by atoms with Crippen LogP contribution in [0, 0.1) is 5.92 Å². The molecular weight excluding hydrogens is 309 g/mol. The molecule has 2 heterocycles. The molecule has 2 atom stereocenters. The predicted molar refractivity (Wildman–Crippen MR) is 89.8 cm³/mol. The molecule has 0 saturated carbocycles. The Balaban J connectivity index is 2.22. The van der Waals surface area contributed by atoms with Gasteiger partial charge >= 0.3 is 0 Å². The van der Waals surface area contributed by atoms with E-state index in [9.17, 15) is 0 Å². The van der Waals surface area contributed by atoms with Gasteiger partial charge in [-0.15, -0.1) is 0 Å². The van der Waals surface area contributed by atoms with Crippen molar-refractivity contribution in [3.8, 4) is 0 Å². The summed E-state index contributed by atoms with van der Waals surface area (Å²) in [4.78, 5) is 6.81. The molecule has 1 aromatic rings. The molecule has 0 radical (unpaired) electrons. The van der Waals surface area contributed by atoms with E-state index in [2.05, 4.69) is 29.0 Å². The summed E-state index contributed by atoms with van der Waals surface area (Å²) in [5.74, 6) is 2.04. The second-order valence-electron chi connectivity index (χ2n) is 5.54. The van der Waals surface area contributed by atoms with Gasteiger partial charge in [-0.3, -0.25) is 0 Å². The molecule has 0 aliphatic carbocycles. The molecule has 0 amide bonds. The monoisotopic (exact) mass is 331 g/mol. The van der Waals surface area contributed by atoms with Crippen LogP contribution in [0.1, 0.15) is 26.7 Å². The Kier molecular flexibility index (Phi) is 5.97. The van der Waals surface area contributed by atoms with E-state index in [0.717, 1.165) is 38.3 Å². The molecule has 2 rings (SSSR count). The lowest BCUT2D eigenvalue weighted by Crippen LogP contribution is -2.44. The molecule has 1 aliphatic rings. The van der Waals surface area contributed by atoms with Crippen LogP contribution in [0.4, 0.5) is 11.6 Å². The molecular formula is C15H23Cl2N3O. The van der Waals surface area contributed by atoms with Gasteiger partial charge in [-0.1, -0.05) is 37.0 Å². The fourth-order valence-electron chi connectivity index (χ4n) is 2.58. The molecule has 0 spiro atoms. The van der Waals surface area contributed by atoms with Gasteiger partial charge in [0, 0.05) is 26.7 Å². The van der Waals surface area contributed by atoms with E-state index in [1.54, 1.807) is 13.2 Å². The lowest BCUT2D eigenvalue weighted by molar-refractivity contribution is 0.0496. The summed E-state index contributed by atoms with van der Waals surface area (Å²) in [5, 5.41) is 4.39. The van der Waals surface area contributed by atoms with Gasteiger partial charge in [0.2, 0.25) is 0 Å². The molecule has 1 aliphatic heterocycles. The number of piperidine rings is 1. The topological polar surface area (TPSA) is 37.4 Å². The van der Waals surface area contributed by atoms with Crippen molar-refractivity contribution in [2.75, 3.05) is 37.0 Å². The SMILES string of the molecule is CCCNc1nc(N2CCC(C)C(OC)C2)c(Cl)cc1Cl. The number of hydrogen-bond acceptors (Lipinski definition) is 4. The summed E-state index contributed by atoms with van der Waals surface area (Å²) in [6, 6.07) is 1.77. The molecule has 21 heavy (non-hydrogen) atoms. The zero-order chi connectivity index (χ0) is 15.4. The zero-order valence-corrected chi connectivity index (χ0v) is 14.3. The van der Waals surface area contributed by atoms with Crippen LogP contribution in [0.2, 0.25) is 10.0 Å². The Bertz CT molecular complexity index is 484. The first-order chi connectivity index (χ1) is 10.1. The average molecular weight is 332 g/mol. The smallest absolute Gasteiger partial charge is 0.150 e. The first-order valence-corrected chi connectivity index (χ1v) is 8.20. The lowest BCUT2D eigenvalue weighted by atomic mass is 9.96. The maximum absolute atomic E-state index is 6.34. The summed E-state index contributed by atoms with van der Waals surface area (Å²) < 4.78 is 5.56.